The number of nitrogens with zero attached hydrogens (tertiary/aromatic N) is 1. The summed E-state index contributed by atoms with van der Waals surface area (Å²) in [5.41, 5.74) is 8.55. The fourth-order valence-corrected chi connectivity index (χ4v) is 2.31. The molecule has 3 rings (SSSR count). The predicted octanol–water partition coefficient (Wildman–Crippen LogP) is 4.68. The minimum Gasteiger partial charge on any atom is -0.455 e. The number of anilines is 1. The van der Waals surface area contributed by atoms with Gasteiger partial charge in [-0.1, -0.05) is 15.9 Å². The maximum atomic E-state index is 5.96. The number of aryl methyl sites for hydroxylation is 1. The number of hydrogen-bond acceptors (Lipinski definition) is 3. The van der Waals surface area contributed by atoms with Gasteiger partial charge in [0.25, 0.3) is 0 Å². The number of nitrogen functional groups attached to an aromatic ring is 1. The van der Waals surface area contributed by atoms with Crippen LogP contribution in [0.5, 0.6) is 11.5 Å². The zero-order chi connectivity index (χ0) is 14.1. The van der Waals surface area contributed by atoms with Crippen LogP contribution in [0.3, 0.4) is 0 Å². The van der Waals surface area contributed by atoms with Gasteiger partial charge in [-0.3, -0.25) is 4.98 Å². The molecular formula is C16H13BrN2O. The molecule has 0 aliphatic carbocycles. The number of aromatic nitrogens is 1. The second-order valence-electron chi connectivity index (χ2n) is 4.57. The number of ether oxygens (including phenoxy) is 1. The first-order valence-electron chi connectivity index (χ1n) is 6.22. The van der Waals surface area contributed by atoms with Crippen molar-refractivity contribution >= 4 is 32.5 Å². The highest BCUT2D eigenvalue weighted by Gasteiger charge is 2.07. The lowest BCUT2D eigenvalue weighted by molar-refractivity contribution is 0.486. The first-order valence-corrected chi connectivity index (χ1v) is 7.01. The van der Waals surface area contributed by atoms with Gasteiger partial charge in [0, 0.05) is 21.7 Å². The van der Waals surface area contributed by atoms with Gasteiger partial charge < -0.3 is 10.5 Å². The van der Waals surface area contributed by atoms with Crippen LogP contribution in [0.2, 0.25) is 0 Å². The molecule has 0 amide bonds. The summed E-state index contributed by atoms with van der Waals surface area (Å²) in [6.45, 7) is 2.02. The highest BCUT2D eigenvalue weighted by Crippen LogP contribution is 2.32. The maximum Gasteiger partial charge on any atom is 0.153 e. The van der Waals surface area contributed by atoms with E-state index >= 15 is 0 Å². The molecule has 1 aromatic heterocycles. The Labute approximate surface area is 125 Å². The molecule has 2 N–H and O–H groups in total. The Balaban J connectivity index is 2.06. The molecule has 0 aliphatic rings. The Hall–Kier alpha value is -2.07. The Morgan fingerprint density at radius 3 is 2.80 bits per heavy atom. The van der Waals surface area contributed by atoms with Gasteiger partial charge in [-0.15, -0.1) is 0 Å². The van der Waals surface area contributed by atoms with Crippen LogP contribution in [0.25, 0.3) is 10.9 Å². The molecular weight excluding hydrogens is 316 g/mol. The lowest BCUT2D eigenvalue weighted by Crippen LogP contribution is -1.92. The molecule has 0 saturated carbocycles. The Morgan fingerprint density at radius 2 is 2.00 bits per heavy atom. The predicted molar refractivity (Wildman–Crippen MR) is 85.1 cm³/mol. The third kappa shape index (κ3) is 2.34. The number of halogens is 1. The summed E-state index contributed by atoms with van der Waals surface area (Å²) >= 11 is 3.48. The Kier molecular flexibility index (Phi) is 3.32. The lowest BCUT2D eigenvalue weighted by atomic mass is 10.1. The molecule has 0 radical (unpaired) electrons. The third-order valence-electron chi connectivity index (χ3n) is 3.12. The maximum absolute atomic E-state index is 5.96. The molecule has 0 bridgehead atoms. The molecule has 100 valence electrons. The van der Waals surface area contributed by atoms with Gasteiger partial charge in [0.15, 0.2) is 5.75 Å². The molecule has 3 aromatic rings. The standard InChI is InChI=1S/C16H13BrN2O/c1-10-9-11(4-5-13(10)17)20-15-7-6-14(18)12-3-2-8-19-16(12)15/h2-9H,18H2,1H3. The van der Waals surface area contributed by atoms with Gasteiger partial charge >= 0.3 is 0 Å². The second kappa shape index (κ2) is 5.13. The van der Waals surface area contributed by atoms with Gasteiger partial charge in [0.2, 0.25) is 0 Å². The van der Waals surface area contributed by atoms with Crippen LogP contribution in [-0.2, 0) is 0 Å². The van der Waals surface area contributed by atoms with E-state index in [4.69, 9.17) is 10.5 Å². The van der Waals surface area contributed by atoms with E-state index in [9.17, 15) is 0 Å². The van der Waals surface area contributed by atoms with E-state index in [-0.39, 0.29) is 0 Å². The van der Waals surface area contributed by atoms with Gasteiger partial charge in [0.05, 0.1) is 0 Å². The second-order valence-corrected chi connectivity index (χ2v) is 5.42. The minimum absolute atomic E-state index is 0.701. The first kappa shape index (κ1) is 12.9. The molecule has 0 fully saturated rings. The monoisotopic (exact) mass is 328 g/mol. The molecule has 20 heavy (non-hydrogen) atoms. The van der Waals surface area contributed by atoms with Gasteiger partial charge in [-0.05, 0) is 55.0 Å². The molecule has 0 atom stereocenters. The van der Waals surface area contributed by atoms with Gasteiger partial charge in [0.1, 0.15) is 11.3 Å². The molecule has 4 heteroatoms. The number of benzene rings is 2. The van der Waals surface area contributed by atoms with Crippen molar-refractivity contribution in [1.82, 2.24) is 4.98 Å². The van der Waals surface area contributed by atoms with E-state index in [0.29, 0.717) is 11.4 Å². The average Bonchev–Trinajstić information content (AvgIpc) is 2.46. The fourth-order valence-electron chi connectivity index (χ4n) is 2.06. The molecule has 0 saturated heterocycles. The number of fused-ring (bicyclic) bond motifs is 1. The minimum atomic E-state index is 0.701. The average molecular weight is 329 g/mol. The summed E-state index contributed by atoms with van der Waals surface area (Å²) < 4.78 is 7.00. The van der Waals surface area contributed by atoms with Crippen molar-refractivity contribution in [3.63, 3.8) is 0 Å². The Bertz CT molecular complexity index is 787. The van der Waals surface area contributed by atoms with Crippen LogP contribution >= 0.6 is 15.9 Å². The van der Waals surface area contributed by atoms with Crippen molar-refractivity contribution in [2.75, 3.05) is 5.73 Å². The normalized spacial score (nSPS) is 10.7. The van der Waals surface area contributed by atoms with Crippen LogP contribution in [0.4, 0.5) is 5.69 Å². The first-order chi connectivity index (χ1) is 9.65. The van der Waals surface area contributed by atoms with Crippen LogP contribution in [0.15, 0.2) is 53.1 Å². The highest BCUT2D eigenvalue weighted by atomic mass is 79.9. The zero-order valence-corrected chi connectivity index (χ0v) is 12.5. The van der Waals surface area contributed by atoms with E-state index in [1.54, 1.807) is 6.20 Å². The van der Waals surface area contributed by atoms with Crippen molar-refractivity contribution in [1.29, 1.82) is 0 Å². The topological polar surface area (TPSA) is 48.1 Å². The van der Waals surface area contributed by atoms with Crippen molar-refractivity contribution in [3.05, 3.63) is 58.7 Å². The molecule has 2 aromatic carbocycles. The van der Waals surface area contributed by atoms with Crippen LogP contribution < -0.4 is 10.5 Å². The van der Waals surface area contributed by atoms with Gasteiger partial charge in [-0.2, -0.15) is 0 Å². The lowest BCUT2D eigenvalue weighted by Gasteiger charge is -2.10. The number of nitrogens with two attached hydrogens (primary N) is 1. The summed E-state index contributed by atoms with van der Waals surface area (Å²) in [7, 11) is 0. The van der Waals surface area contributed by atoms with E-state index < -0.39 is 0 Å². The zero-order valence-electron chi connectivity index (χ0n) is 10.9. The molecule has 1 heterocycles. The fraction of sp³-hybridized carbons (Fsp3) is 0.0625. The number of pyridine rings is 1. The van der Waals surface area contributed by atoms with Gasteiger partial charge in [-0.25, -0.2) is 0 Å². The summed E-state index contributed by atoms with van der Waals surface area (Å²) in [4.78, 5) is 4.36. The largest absolute Gasteiger partial charge is 0.455 e. The van der Waals surface area contributed by atoms with Crippen molar-refractivity contribution in [3.8, 4) is 11.5 Å². The van der Waals surface area contributed by atoms with Crippen LogP contribution in [0.1, 0.15) is 5.56 Å². The van der Waals surface area contributed by atoms with Crippen LogP contribution in [-0.4, -0.2) is 4.98 Å². The van der Waals surface area contributed by atoms with Crippen molar-refractivity contribution in [2.24, 2.45) is 0 Å². The van der Waals surface area contributed by atoms with Crippen molar-refractivity contribution < 1.29 is 4.74 Å². The third-order valence-corrected chi connectivity index (χ3v) is 4.01. The summed E-state index contributed by atoms with van der Waals surface area (Å²) in [6.07, 6.45) is 1.74. The summed E-state index contributed by atoms with van der Waals surface area (Å²) in [5.74, 6) is 1.49. The van der Waals surface area contributed by atoms with E-state index in [1.807, 2.05) is 49.4 Å². The highest BCUT2D eigenvalue weighted by molar-refractivity contribution is 9.10. The van der Waals surface area contributed by atoms with E-state index in [2.05, 4.69) is 20.9 Å². The summed E-state index contributed by atoms with van der Waals surface area (Å²) in [5, 5.41) is 0.902. The quantitative estimate of drug-likeness (QED) is 0.695. The van der Waals surface area contributed by atoms with E-state index in [0.717, 1.165) is 26.7 Å². The SMILES string of the molecule is Cc1cc(Oc2ccc(N)c3cccnc23)ccc1Br. The molecule has 0 unspecified atom stereocenters. The van der Waals surface area contributed by atoms with E-state index in [1.165, 1.54) is 0 Å². The number of hydrogen-bond donors (Lipinski definition) is 1. The molecule has 0 aliphatic heterocycles. The molecule has 0 spiro atoms. The number of rotatable bonds is 2. The van der Waals surface area contributed by atoms with Crippen LogP contribution in [0, 0.1) is 6.92 Å². The molecule has 3 nitrogen and oxygen atoms in total. The van der Waals surface area contributed by atoms with Crippen molar-refractivity contribution in [2.45, 2.75) is 6.92 Å². The Morgan fingerprint density at radius 1 is 1.15 bits per heavy atom. The smallest absolute Gasteiger partial charge is 0.153 e. The summed E-state index contributed by atoms with van der Waals surface area (Å²) in [6, 6.07) is 13.4.